The summed E-state index contributed by atoms with van der Waals surface area (Å²) in [5.74, 6) is 3.76. The van der Waals surface area contributed by atoms with Crippen LogP contribution in [0.2, 0.25) is 0 Å². The summed E-state index contributed by atoms with van der Waals surface area (Å²) in [6.07, 6.45) is 7.62. The van der Waals surface area contributed by atoms with E-state index in [2.05, 4.69) is 20.8 Å². The van der Waals surface area contributed by atoms with Crippen molar-refractivity contribution >= 4 is 53.1 Å². The van der Waals surface area contributed by atoms with E-state index < -0.39 is 87.4 Å². The average molecular weight is 1400 g/mol. The number of ether oxygens (including phenoxy) is 3. The molecule has 6 N–H and O–H groups in total. The Hall–Kier alpha value is -0.191. The number of aryl methyl sites for hydroxylation is 6. The topological polar surface area (TPSA) is 372 Å². The van der Waals surface area contributed by atoms with Gasteiger partial charge in [-0.25, -0.2) is 25.3 Å². The van der Waals surface area contributed by atoms with Crippen LogP contribution in [-0.2, 0) is 82.6 Å². The molecule has 6 aromatic rings. The zero-order valence-corrected chi connectivity index (χ0v) is 64.1. The molecule has 87 heavy (non-hydrogen) atoms. The van der Waals surface area contributed by atoms with Crippen molar-refractivity contribution in [3.8, 4) is 34.5 Å². The first-order valence-electron chi connectivity index (χ1n) is 26.9. The summed E-state index contributed by atoms with van der Waals surface area (Å²) in [7, 11) is -30.5. The Morgan fingerprint density at radius 3 is 0.805 bits per heavy atom. The third kappa shape index (κ3) is 31.7. The standard InChI is InChI=1S/3C19H25O7PS.3K/c3*1-2-3-8-16-9-4-5-11-18(16)26-17-10-6-7-15(14-17)12-13-19(27(20,21)22)28(23,24)25;;;/h3*4-7,9-11,14,19H,2-3,8,12-13H2,1H3,(H2,20,21,22)(H,23,24,25);;;/q;;;3*+1/p-3. The third-order valence-electron chi connectivity index (χ3n) is 12.9. The van der Waals surface area contributed by atoms with E-state index in [4.69, 9.17) is 43.6 Å². The van der Waals surface area contributed by atoms with Crippen LogP contribution in [0.5, 0.6) is 34.5 Å². The Morgan fingerprint density at radius 1 is 0.368 bits per heavy atom. The number of rotatable bonds is 30. The van der Waals surface area contributed by atoms with Crippen molar-refractivity contribution in [3.05, 3.63) is 179 Å². The Bertz CT molecular complexity index is 3200. The Labute approximate surface area is 639 Å². The van der Waals surface area contributed by atoms with E-state index in [-0.39, 0.29) is 173 Å². The maximum Gasteiger partial charge on any atom is 1.00 e. The van der Waals surface area contributed by atoms with Crippen LogP contribution < -0.4 is 168 Å². The number of para-hydroxylation sites is 3. The van der Waals surface area contributed by atoms with Crippen LogP contribution >= 0.6 is 22.8 Å². The van der Waals surface area contributed by atoms with Gasteiger partial charge in [-0.3, -0.25) is 13.7 Å². The SMILES string of the molecule is CCCCc1ccccc1Oc1cccc(CCC(P(=O)(O)O)S(=O)(=O)[O-])c1.CCCCc1ccccc1Oc1cccc(CCC(P(=O)(O)O)S(=O)(=O)[O-])c1.CCCCc1ccccc1Oc1cccc(CCC(P(=O)(O)O)S(=O)(=O)[O-])c1.[K+].[K+].[K+]. The number of hydrogen-bond donors (Lipinski definition) is 6. The molecule has 0 spiro atoms. The number of benzene rings is 6. The fourth-order valence-electron chi connectivity index (χ4n) is 8.52. The van der Waals surface area contributed by atoms with Crippen LogP contribution in [0, 0.1) is 0 Å². The van der Waals surface area contributed by atoms with E-state index in [1.807, 2.05) is 72.8 Å². The molecule has 0 amide bonds. The van der Waals surface area contributed by atoms with Gasteiger partial charge in [0.05, 0.1) is 0 Å². The Morgan fingerprint density at radius 2 is 0.598 bits per heavy atom. The molecule has 0 aliphatic carbocycles. The van der Waals surface area contributed by atoms with Gasteiger partial charge in [0.2, 0.25) is 0 Å². The summed E-state index contributed by atoms with van der Waals surface area (Å²) in [5, 5.41) is 0. The Balaban J connectivity index is 0.000000641. The van der Waals surface area contributed by atoms with Gasteiger partial charge in [0.15, 0.2) is 15.0 Å². The normalized spacial score (nSPS) is 12.8. The molecule has 6 rings (SSSR count). The molecule has 0 aliphatic heterocycles. The molecule has 3 unspecified atom stereocenters. The van der Waals surface area contributed by atoms with Gasteiger partial charge in [-0.1, -0.05) is 131 Å². The van der Waals surface area contributed by atoms with Gasteiger partial charge < -0.3 is 57.2 Å². The third-order valence-corrected chi connectivity index (χ3v) is 23.4. The van der Waals surface area contributed by atoms with Crippen LogP contribution in [0.4, 0.5) is 0 Å². The predicted molar refractivity (Wildman–Crippen MR) is 316 cm³/mol. The van der Waals surface area contributed by atoms with E-state index in [0.717, 1.165) is 91.7 Å². The second kappa shape index (κ2) is 40.9. The minimum absolute atomic E-state index is 0. The van der Waals surface area contributed by atoms with E-state index in [0.29, 0.717) is 33.9 Å². The van der Waals surface area contributed by atoms with Crippen molar-refractivity contribution in [2.75, 3.05) is 0 Å². The van der Waals surface area contributed by atoms with Crippen molar-refractivity contribution in [1.29, 1.82) is 0 Å². The molecule has 0 saturated carbocycles. The van der Waals surface area contributed by atoms with Crippen LogP contribution in [0.25, 0.3) is 0 Å². The monoisotopic (exact) mass is 1400 g/mol. The molecule has 0 aromatic heterocycles. The largest absolute Gasteiger partial charge is 1.00 e. The van der Waals surface area contributed by atoms with Crippen molar-refractivity contribution in [3.63, 3.8) is 0 Å². The molecular weight excluding hydrogens is 1330 g/mol. The minimum atomic E-state index is -5.11. The van der Waals surface area contributed by atoms with Gasteiger partial charge in [0.1, 0.15) is 64.9 Å². The number of unbranched alkanes of at least 4 members (excludes halogenated alkanes) is 3. The molecule has 0 heterocycles. The van der Waals surface area contributed by atoms with Crippen LogP contribution in [0.15, 0.2) is 146 Å². The quantitative estimate of drug-likeness (QED) is 0.0214. The molecule has 0 fully saturated rings. The van der Waals surface area contributed by atoms with Crippen LogP contribution in [0.1, 0.15) is 112 Å². The summed E-state index contributed by atoms with van der Waals surface area (Å²) in [6, 6.07) is 43.5. The van der Waals surface area contributed by atoms with E-state index in [1.54, 1.807) is 72.8 Å². The first-order valence-corrected chi connectivity index (χ1v) is 36.3. The second-order valence-electron chi connectivity index (χ2n) is 19.6. The zero-order chi connectivity index (χ0) is 62.4. The van der Waals surface area contributed by atoms with Gasteiger partial charge in [-0.2, -0.15) is 0 Å². The molecule has 3 atom stereocenters. The fraction of sp³-hybridized carbons (Fsp3) is 0.368. The molecule has 0 aliphatic rings. The summed E-state index contributed by atoms with van der Waals surface area (Å²) in [5.41, 5.74) is 5.08. The smallest absolute Gasteiger partial charge is 0.747 e. The maximum absolute atomic E-state index is 11.3. The fourth-order valence-corrected chi connectivity index (χ4v) is 15.2. The molecule has 462 valence electrons. The second-order valence-corrected chi connectivity index (χ2v) is 30.7. The summed E-state index contributed by atoms with van der Waals surface area (Å²) < 4.78 is 152. The molecule has 0 bridgehead atoms. The molecule has 0 saturated heterocycles. The first-order chi connectivity index (χ1) is 39.3. The summed E-state index contributed by atoms with van der Waals surface area (Å²) >= 11 is 0. The maximum atomic E-state index is 11.3. The van der Waals surface area contributed by atoms with E-state index in [9.17, 15) is 52.6 Å². The van der Waals surface area contributed by atoms with Gasteiger partial charge in [0, 0.05) is 0 Å². The zero-order valence-electron chi connectivity index (χ0n) is 49.6. The average Bonchev–Trinajstić information content (AvgIpc) is 3.31. The molecule has 30 heteroatoms. The first kappa shape index (κ1) is 84.8. The van der Waals surface area contributed by atoms with E-state index >= 15 is 0 Å². The molecule has 21 nitrogen and oxygen atoms in total. The number of hydrogen-bond acceptors (Lipinski definition) is 15. The molecule has 0 radical (unpaired) electrons. The van der Waals surface area contributed by atoms with Gasteiger partial charge in [-0.05, 0) is 165 Å². The van der Waals surface area contributed by atoms with Gasteiger partial charge >= 0.3 is 177 Å². The van der Waals surface area contributed by atoms with Crippen LogP contribution in [0.3, 0.4) is 0 Å². The molecular formula is C57H72K3O21P3S3. The van der Waals surface area contributed by atoms with Gasteiger partial charge in [0.25, 0.3) is 0 Å². The summed E-state index contributed by atoms with van der Waals surface area (Å²) in [4.78, 5) is 48.1. The molecule has 6 aromatic carbocycles. The van der Waals surface area contributed by atoms with Crippen molar-refractivity contribution in [2.24, 2.45) is 0 Å². The Kier molecular flexibility index (Phi) is 39.9. The van der Waals surface area contributed by atoms with E-state index in [1.165, 1.54) is 0 Å². The van der Waals surface area contributed by atoms with Crippen LogP contribution in [-0.4, -0.2) is 83.2 Å². The summed E-state index contributed by atoms with van der Waals surface area (Å²) in [6.45, 7) is 6.33. The van der Waals surface area contributed by atoms with Gasteiger partial charge in [-0.15, -0.1) is 0 Å². The predicted octanol–water partition coefficient (Wildman–Crippen LogP) is 2.42. The van der Waals surface area contributed by atoms with Crippen molar-refractivity contribution in [2.45, 2.75) is 132 Å². The van der Waals surface area contributed by atoms with Crippen molar-refractivity contribution < 1.29 is 250 Å². The minimum Gasteiger partial charge on any atom is -0.747 e. The van der Waals surface area contributed by atoms with Crippen molar-refractivity contribution in [1.82, 2.24) is 0 Å².